The number of piperidine rings is 1. The van der Waals surface area contributed by atoms with E-state index in [1.54, 1.807) is 0 Å². The van der Waals surface area contributed by atoms with Gasteiger partial charge in [-0.15, -0.1) is 0 Å². The van der Waals surface area contributed by atoms with E-state index in [0.717, 1.165) is 46.4 Å². The Morgan fingerprint density at radius 3 is 2.44 bits per heavy atom. The van der Waals surface area contributed by atoms with Crippen molar-refractivity contribution in [3.63, 3.8) is 0 Å². The summed E-state index contributed by atoms with van der Waals surface area (Å²) in [7, 11) is 0. The average Bonchev–Trinajstić information content (AvgIpc) is 2.61. The highest BCUT2D eigenvalue weighted by molar-refractivity contribution is 14.1. The molecule has 3 nitrogen and oxygen atoms in total. The molecule has 0 aromatic heterocycles. The summed E-state index contributed by atoms with van der Waals surface area (Å²) in [6, 6.07) is 15.8. The van der Waals surface area contributed by atoms with Crippen molar-refractivity contribution in [1.82, 2.24) is 4.90 Å². The van der Waals surface area contributed by atoms with E-state index in [1.165, 1.54) is 0 Å². The monoisotopic (exact) mass is 449 g/mol. The van der Waals surface area contributed by atoms with Crippen LogP contribution in [0.25, 0.3) is 0 Å². The van der Waals surface area contributed by atoms with E-state index in [9.17, 15) is 4.79 Å². The van der Waals surface area contributed by atoms with Crippen LogP contribution in [0.15, 0.2) is 48.5 Å². The van der Waals surface area contributed by atoms with Crippen LogP contribution in [0, 0.1) is 8.99 Å². The van der Waals surface area contributed by atoms with E-state index in [2.05, 4.69) is 36.4 Å². The van der Waals surface area contributed by atoms with Crippen molar-refractivity contribution in [1.29, 1.82) is 0 Å². The molecule has 0 radical (unpaired) electrons. The number of hydrogen-bond donors (Lipinski definition) is 0. The third-order valence-electron chi connectivity index (χ3n) is 4.82. The summed E-state index contributed by atoms with van der Waals surface area (Å²) in [5.74, 6) is 0.948. The highest BCUT2D eigenvalue weighted by atomic mass is 127. The number of halogens is 1. The molecule has 4 heteroatoms. The van der Waals surface area contributed by atoms with Crippen molar-refractivity contribution in [2.24, 2.45) is 5.41 Å². The van der Waals surface area contributed by atoms with Gasteiger partial charge in [-0.25, -0.2) is 0 Å². The minimum Gasteiger partial charge on any atom is -0.488 e. The van der Waals surface area contributed by atoms with E-state index in [4.69, 9.17) is 4.74 Å². The highest BCUT2D eigenvalue weighted by Crippen LogP contribution is 2.31. The molecule has 132 valence electrons. The van der Waals surface area contributed by atoms with Crippen LogP contribution in [0.2, 0.25) is 0 Å². The lowest BCUT2D eigenvalue weighted by Gasteiger charge is -2.37. The molecule has 0 atom stereocenters. The van der Waals surface area contributed by atoms with E-state index < -0.39 is 0 Å². The molecule has 3 rings (SSSR count). The van der Waals surface area contributed by atoms with Crippen molar-refractivity contribution in [3.8, 4) is 5.75 Å². The maximum Gasteiger partial charge on any atom is 0.253 e. The first-order chi connectivity index (χ1) is 11.9. The molecule has 1 aliphatic rings. The Hall–Kier alpha value is -1.56. The van der Waals surface area contributed by atoms with Crippen LogP contribution in [-0.4, -0.2) is 23.9 Å². The molecule has 1 amide bonds. The third-order valence-corrected chi connectivity index (χ3v) is 5.66. The second kappa shape index (κ2) is 7.77. The molecule has 1 fully saturated rings. The minimum absolute atomic E-state index is 0.128. The first-order valence-electron chi connectivity index (χ1n) is 8.70. The van der Waals surface area contributed by atoms with Gasteiger partial charge in [-0.1, -0.05) is 44.2 Å². The molecular weight excluding hydrogens is 425 g/mol. The standard InChI is InChI=1S/C21H24INO2/c1-21(2)10-12-23(13-11-21)20(24)17-8-9-19(18(22)14-17)25-15-16-6-4-3-5-7-16/h3-9,14H,10-13,15H2,1-2H3. The van der Waals surface area contributed by atoms with E-state index >= 15 is 0 Å². The van der Waals surface area contributed by atoms with Gasteiger partial charge in [-0.2, -0.15) is 0 Å². The number of benzene rings is 2. The zero-order valence-electron chi connectivity index (χ0n) is 14.8. The van der Waals surface area contributed by atoms with Crippen LogP contribution >= 0.6 is 22.6 Å². The number of rotatable bonds is 4. The molecule has 1 heterocycles. The number of carbonyl (C=O) groups is 1. The van der Waals surface area contributed by atoms with Gasteiger partial charge >= 0.3 is 0 Å². The summed E-state index contributed by atoms with van der Waals surface area (Å²) < 4.78 is 6.87. The maximum absolute atomic E-state index is 12.7. The number of amides is 1. The second-order valence-electron chi connectivity index (χ2n) is 7.38. The van der Waals surface area contributed by atoms with Gasteiger partial charge in [0.15, 0.2) is 0 Å². The lowest BCUT2D eigenvalue weighted by Crippen LogP contribution is -2.41. The largest absolute Gasteiger partial charge is 0.488 e. The van der Waals surface area contributed by atoms with Crippen molar-refractivity contribution < 1.29 is 9.53 Å². The summed E-state index contributed by atoms with van der Waals surface area (Å²) in [6.45, 7) is 6.77. The molecule has 25 heavy (non-hydrogen) atoms. The van der Waals surface area contributed by atoms with Gasteiger partial charge in [0.2, 0.25) is 0 Å². The molecule has 0 unspecified atom stereocenters. The Balaban J connectivity index is 1.64. The van der Waals surface area contributed by atoms with Crippen LogP contribution in [-0.2, 0) is 6.61 Å². The van der Waals surface area contributed by atoms with Crippen LogP contribution in [0.1, 0.15) is 42.6 Å². The molecule has 0 bridgehead atoms. The lowest BCUT2D eigenvalue weighted by molar-refractivity contribution is 0.0630. The zero-order chi connectivity index (χ0) is 17.9. The Morgan fingerprint density at radius 1 is 1.12 bits per heavy atom. The Bertz CT molecular complexity index is 733. The summed E-state index contributed by atoms with van der Waals surface area (Å²) in [6.07, 6.45) is 2.13. The highest BCUT2D eigenvalue weighted by Gasteiger charge is 2.28. The van der Waals surface area contributed by atoms with Crippen molar-refractivity contribution in [2.45, 2.75) is 33.3 Å². The fourth-order valence-corrected chi connectivity index (χ4v) is 3.65. The van der Waals surface area contributed by atoms with E-state index in [0.29, 0.717) is 12.0 Å². The Labute approximate surface area is 163 Å². The topological polar surface area (TPSA) is 29.5 Å². The zero-order valence-corrected chi connectivity index (χ0v) is 17.0. The summed E-state index contributed by atoms with van der Waals surface area (Å²) in [4.78, 5) is 14.7. The van der Waals surface area contributed by atoms with E-state index in [1.807, 2.05) is 53.4 Å². The summed E-state index contributed by atoms with van der Waals surface area (Å²) in [5, 5.41) is 0. The summed E-state index contributed by atoms with van der Waals surface area (Å²) >= 11 is 2.24. The SMILES string of the molecule is CC1(C)CCN(C(=O)c2ccc(OCc3ccccc3)c(I)c2)CC1. The first kappa shape index (κ1) is 18.2. The fraction of sp³-hybridized carbons (Fsp3) is 0.381. The van der Waals surface area contributed by atoms with Gasteiger partial charge in [-0.3, -0.25) is 4.79 Å². The molecule has 2 aromatic carbocycles. The summed E-state index contributed by atoms with van der Waals surface area (Å²) in [5.41, 5.74) is 2.23. The predicted molar refractivity (Wildman–Crippen MR) is 109 cm³/mol. The molecule has 0 spiro atoms. The van der Waals surface area contributed by atoms with Crippen LogP contribution in [0.4, 0.5) is 0 Å². The van der Waals surface area contributed by atoms with Gasteiger partial charge in [-0.05, 0) is 64.6 Å². The maximum atomic E-state index is 12.7. The molecule has 0 aliphatic carbocycles. The first-order valence-corrected chi connectivity index (χ1v) is 9.78. The van der Waals surface area contributed by atoms with E-state index in [-0.39, 0.29) is 5.91 Å². The van der Waals surface area contributed by atoms with Gasteiger partial charge in [0, 0.05) is 18.7 Å². The van der Waals surface area contributed by atoms with Crippen molar-refractivity contribution in [2.75, 3.05) is 13.1 Å². The number of likely N-dealkylation sites (tertiary alicyclic amines) is 1. The number of hydrogen-bond acceptors (Lipinski definition) is 2. The number of ether oxygens (including phenoxy) is 1. The smallest absolute Gasteiger partial charge is 0.253 e. The predicted octanol–water partition coefficient (Wildman–Crippen LogP) is 5.13. The van der Waals surface area contributed by atoms with Crippen molar-refractivity contribution in [3.05, 3.63) is 63.2 Å². The average molecular weight is 449 g/mol. The molecule has 0 N–H and O–H groups in total. The fourth-order valence-electron chi connectivity index (χ4n) is 2.98. The van der Waals surface area contributed by atoms with Crippen molar-refractivity contribution >= 4 is 28.5 Å². The molecular formula is C21H24INO2. The Kier molecular flexibility index (Phi) is 5.67. The van der Waals surface area contributed by atoms with Crippen LogP contribution in [0.5, 0.6) is 5.75 Å². The number of carbonyl (C=O) groups excluding carboxylic acids is 1. The van der Waals surface area contributed by atoms with Gasteiger partial charge < -0.3 is 9.64 Å². The van der Waals surface area contributed by atoms with Crippen LogP contribution in [0.3, 0.4) is 0 Å². The van der Waals surface area contributed by atoms with Gasteiger partial charge in [0.1, 0.15) is 12.4 Å². The van der Waals surface area contributed by atoms with Gasteiger partial charge in [0.05, 0.1) is 3.57 Å². The Morgan fingerprint density at radius 2 is 1.80 bits per heavy atom. The minimum atomic E-state index is 0.128. The molecule has 2 aromatic rings. The number of nitrogens with zero attached hydrogens (tertiary/aromatic N) is 1. The quantitative estimate of drug-likeness (QED) is 0.606. The lowest BCUT2D eigenvalue weighted by atomic mass is 9.82. The molecule has 0 saturated carbocycles. The van der Waals surface area contributed by atoms with Gasteiger partial charge in [0.25, 0.3) is 5.91 Å². The van der Waals surface area contributed by atoms with Crippen LogP contribution < -0.4 is 4.74 Å². The molecule has 1 aliphatic heterocycles. The third kappa shape index (κ3) is 4.75. The normalized spacial score (nSPS) is 16.5. The second-order valence-corrected chi connectivity index (χ2v) is 8.54. The molecule has 1 saturated heterocycles.